The highest BCUT2D eigenvalue weighted by atomic mass is 16.1. The molecule has 1 heterocycles. The van der Waals surface area contributed by atoms with Crippen LogP contribution in [0.4, 0.5) is 5.69 Å². The zero-order valence-electron chi connectivity index (χ0n) is 11.5. The van der Waals surface area contributed by atoms with Crippen LogP contribution >= 0.6 is 0 Å². The van der Waals surface area contributed by atoms with E-state index in [2.05, 4.69) is 28.4 Å². The van der Waals surface area contributed by atoms with Crippen LogP contribution in [-0.4, -0.2) is 19.1 Å². The van der Waals surface area contributed by atoms with Gasteiger partial charge in [-0.2, -0.15) is 0 Å². The Labute approximate surface area is 119 Å². The van der Waals surface area contributed by atoms with Gasteiger partial charge in [0.1, 0.15) is 6.17 Å². The topological polar surface area (TPSA) is 32.3 Å². The lowest BCUT2D eigenvalue weighted by Crippen LogP contribution is -2.49. The molecule has 3 heteroatoms. The zero-order valence-corrected chi connectivity index (χ0v) is 11.5. The molecule has 102 valence electrons. The van der Waals surface area contributed by atoms with Gasteiger partial charge in [0.25, 0.3) is 5.91 Å². The Bertz CT molecular complexity index is 609. The first kappa shape index (κ1) is 12.7. The van der Waals surface area contributed by atoms with Gasteiger partial charge in [0.15, 0.2) is 0 Å². The number of benzene rings is 2. The van der Waals surface area contributed by atoms with Gasteiger partial charge in [0.2, 0.25) is 0 Å². The highest BCUT2D eigenvalue weighted by molar-refractivity contribution is 5.94. The van der Waals surface area contributed by atoms with Crippen LogP contribution in [0.2, 0.25) is 0 Å². The molecule has 0 spiro atoms. The quantitative estimate of drug-likeness (QED) is 0.906. The molecule has 3 rings (SSSR count). The highest BCUT2D eigenvalue weighted by Crippen LogP contribution is 2.28. The maximum absolute atomic E-state index is 12.2. The first-order chi connectivity index (χ1) is 9.75. The van der Waals surface area contributed by atoms with E-state index in [-0.39, 0.29) is 12.1 Å². The molecule has 0 fully saturated rings. The molecule has 1 atom stereocenters. The van der Waals surface area contributed by atoms with Crippen molar-refractivity contribution >= 4 is 11.6 Å². The molecular formula is C17H18N2O. The van der Waals surface area contributed by atoms with E-state index in [1.165, 1.54) is 11.3 Å². The van der Waals surface area contributed by atoms with Gasteiger partial charge in [0, 0.05) is 18.3 Å². The van der Waals surface area contributed by atoms with Crippen LogP contribution in [0, 0.1) is 0 Å². The van der Waals surface area contributed by atoms with Gasteiger partial charge in [-0.1, -0.05) is 36.4 Å². The van der Waals surface area contributed by atoms with Crippen LogP contribution in [0.3, 0.4) is 0 Å². The molecule has 2 aromatic rings. The smallest absolute Gasteiger partial charge is 0.252 e. The summed E-state index contributed by atoms with van der Waals surface area (Å²) in [6.45, 7) is 0. The van der Waals surface area contributed by atoms with Gasteiger partial charge in [-0.05, 0) is 36.6 Å². The Hall–Kier alpha value is -2.29. The molecule has 1 N–H and O–H groups in total. The van der Waals surface area contributed by atoms with Crippen molar-refractivity contribution in [3.05, 3.63) is 65.7 Å². The summed E-state index contributed by atoms with van der Waals surface area (Å²) in [5.41, 5.74) is 3.26. The molecule has 1 aliphatic heterocycles. The molecule has 0 radical (unpaired) electrons. The predicted molar refractivity (Wildman–Crippen MR) is 80.9 cm³/mol. The standard InChI is InChI=1S/C17H18N2O/c1-19-15-10-6-5-7-13(15)11-12-16(19)18-17(20)14-8-3-2-4-9-14/h2-10,16H,11-12H2,1H3,(H,18,20). The van der Waals surface area contributed by atoms with Crippen molar-refractivity contribution in [2.45, 2.75) is 19.0 Å². The Morgan fingerprint density at radius 1 is 1.10 bits per heavy atom. The zero-order chi connectivity index (χ0) is 13.9. The molecule has 0 bridgehead atoms. The Morgan fingerprint density at radius 3 is 2.60 bits per heavy atom. The average molecular weight is 266 g/mol. The van der Waals surface area contributed by atoms with Gasteiger partial charge in [-0.3, -0.25) is 4.79 Å². The summed E-state index contributed by atoms with van der Waals surface area (Å²) in [5.74, 6) is -0.0122. The first-order valence-electron chi connectivity index (χ1n) is 6.92. The molecule has 3 nitrogen and oxygen atoms in total. The summed E-state index contributed by atoms with van der Waals surface area (Å²) in [6, 6.07) is 17.7. The third kappa shape index (κ3) is 2.39. The summed E-state index contributed by atoms with van der Waals surface area (Å²) in [5, 5.41) is 3.11. The Balaban J connectivity index is 1.75. The third-order valence-corrected chi connectivity index (χ3v) is 3.86. The molecule has 0 saturated heterocycles. The highest BCUT2D eigenvalue weighted by Gasteiger charge is 2.24. The van der Waals surface area contributed by atoms with Crippen LogP contribution in [0.25, 0.3) is 0 Å². The summed E-state index contributed by atoms with van der Waals surface area (Å²) in [7, 11) is 2.04. The lowest BCUT2D eigenvalue weighted by Gasteiger charge is -2.36. The summed E-state index contributed by atoms with van der Waals surface area (Å²) >= 11 is 0. The van der Waals surface area contributed by atoms with E-state index in [0.717, 1.165) is 12.8 Å². The van der Waals surface area contributed by atoms with Crippen LogP contribution < -0.4 is 10.2 Å². The number of nitrogens with one attached hydrogen (secondary N) is 1. The number of amides is 1. The number of rotatable bonds is 2. The van der Waals surface area contributed by atoms with Gasteiger partial charge in [-0.25, -0.2) is 0 Å². The fourth-order valence-electron chi connectivity index (χ4n) is 2.71. The second kappa shape index (κ2) is 5.37. The minimum absolute atomic E-state index is 0.0122. The van der Waals surface area contributed by atoms with E-state index in [0.29, 0.717) is 5.56 Å². The Morgan fingerprint density at radius 2 is 1.80 bits per heavy atom. The van der Waals surface area contributed by atoms with Gasteiger partial charge in [-0.15, -0.1) is 0 Å². The predicted octanol–water partition coefficient (Wildman–Crippen LogP) is 2.83. The normalized spacial score (nSPS) is 17.4. The summed E-state index contributed by atoms with van der Waals surface area (Å²) in [6.07, 6.45) is 1.99. The molecule has 20 heavy (non-hydrogen) atoms. The van der Waals surface area contributed by atoms with E-state index < -0.39 is 0 Å². The minimum Gasteiger partial charge on any atom is -0.354 e. The largest absolute Gasteiger partial charge is 0.354 e. The molecule has 0 saturated carbocycles. The Kier molecular flexibility index (Phi) is 3.42. The van der Waals surface area contributed by atoms with Gasteiger partial charge in [0.05, 0.1) is 0 Å². The molecule has 0 aliphatic carbocycles. The number of anilines is 1. The van der Waals surface area contributed by atoms with E-state index in [4.69, 9.17) is 0 Å². The summed E-state index contributed by atoms with van der Waals surface area (Å²) in [4.78, 5) is 14.4. The van der Waals surface area contributed by atoms with E-state index in [1.54, 1.807) is 0 Å². The number of carbonyl (C=O) groups is 1. The van der Waals surface area contributed by atoms with Crippen LogP contribution in [0.5, 0.6) is 0 Å². The second-order valence-electron chi connectivity index (χ2n) is 5.13. The van der Waals surface area contributed by atoms with Crippen LogP contribution in [0.1, 0.15) is 22.3 Å². The van der Waals surface area contributed by atoms with E-state index in [9.17, 15) is 4.79 Å². The van der Waals surface area contributed by atoms with Crippen molar-refractivity contribution in [3.63, 3.8) is 0 Å². The number of hydrogen-bond donors (Lipinski definition) is 1. The fraction of sp³-hybridized carbons (Fsp3) is 0.235. The van der Waals surface area contributed by atoms with Crippen molar-refractivity contribution in [1.82, 2.24) is 5.32 Å². The van der Waals surface area contributed by atoms with Crippen molar-refractivity contribution in [1.29, 1.82) is 0 Å². The number of nitrogens with zero attached hydrogens (tertiary/aromatic N) is 1. The molecule has 1 aliphatic rings. The van der Waals surface area contributed by atoms with Crippen molar-refractivity contribution in [2.24, 2.45) is 0 Å². The number of hydrogen-bond acceptors (Lipinski definition) is 2. The van der Waals surface area contributed by atoms with E-state index >= 15 is 0 Å². The van der Waals surface area contributed by atoms with Crippen molar-refractivity contribution in [3.8, 4) is 0 Å². The van der Waals surface area contributed by atoms with Gasteiger partial charge < -0.3 is 10.2 Å². The van der Waals surface area contributed by atoms with Gasteiger partial charge >= 0.3 is 0 Å². The third-order valence-electron chi connectivity index (χ3n) is 3.86. The van der Waals surface area contributed by atoms with Crippen LogP contribution in [-0.2, 0) is 6.42 Å². The number of aryl methyl sites for hydroxylation is 1. The molecular weight excluding hydrogens is 248 g/mol. The number of para-hydroxylation sites is 1. The average Bonchev–Trinajstić information content (AvgIpc) is 2.51. The van der Waals surface area contributed by atoms with Crippen molar-refractivity contribution < 1.29 is 4.79 Å². The minimum atomic E-state index is -0.0122. The molecule has 1 unspecified atom stereocenters. The summed E-state index contributed by atoms with van der Waals surface area (Å²) < 4.78 is 0. The fourth-order valence-corrected chi connectivity index (χ4v) is 2.71. The number of carbonyl (C=O) groups excluding carboxylic acids is 1. The second-order valence-corrected chi connectivity index (χ2v) is 5.13. The first-order valence-corrected chi connectivity index (χ1v) is 6.92. The monoisotopic (exact) mass is 266 g/mol. The number of fused-ring (bicyclic) bond motifs is 1. The molecule has 2 aromatic carbocycles. The van der Waals surface area contributed by atoms with Crippen LogP contribution in [0.15, 0.2) is 54.6 Å². The molecule has 1 amide bonds. The van der Waals surface area contributed by atoms with E-state index in [1.807, 2.05) is 43.4 Å². The van der Waals surface area contributed by atoms with Crippen molar-refractivity contribution in [2.75, 3.05) is 11.9 Å². The lowest BCUT2D eigenvalue weighted by atomic mass is 10.00. The maximum Gasteiger partial charge on any atom is 0.252 e. The lowest BCUT2D eigenvalue weighted by molar-refractivity contribution is 0.0934. The maximum atomic E-state index is 12.2. The SMILES string of the molecule is CN1c2ccccc2CCC1NC(=O)c1ccccc1. The molecule has 0 aromatic heterocycles.